The topological polar surface area (TPSA) is 32.3 Å². The van der Waals surface area contributed by atoms with E-state index in [0.717, 1.165) is 18.9 Å². The first kappa shape index (κ1) is 15.7. The zero-order valence-corrected chi connectivity index (χ0v) is 12.1. The third kappa shape index (κ3) is 3.49. The van der Waals surface area contributed by atoms with E-state index in [4.69, 9.17) is 0 Å². The van der Waals surface area contributed by atoms with Crippen molar-refractivity contribution >= 4 is 11.6 Å². The summed E-state index contributed by atoms with van der Waals surface area (Å²) in [4.78, 5) is 14.0. The van der Waals surface area contributed by atoms with Gasteiger partial charge in [-0.05, 0) is 44.9 Å². The molecular formula is C15H19F3N2O. The van der Waals surface area contributed by atoms with E-state index in [9.17, 15) is 18.0 Å². The molecule has 0 unspecified atom stereocenters. The summed E-state index contributed by atoms with van der Waals surface area (Å²) in [5, 5.41) is 2.68. The number of alkyl halides is 3. The Hall–Kier alpha value is -1.72. The second-order valence-electron chi connectivity index (χ2n) is 5.11. The molecule has 0 saturated heterocycles. The van der Waals surface area contributed by atoms with Gasteiger partial charge in [0.25, 0.3) is 5.91 Å². The summed E-state index contributed by atoms with van der Waals surface area (Å²) >= 11 is 0. The predicted molar refractivity (Wildman–Crippen MR) is 75.3 cm³/mol. The molecule has 1 fully saturated rings. The largest absolute Gasteiger partial charge is 0.418 e. The Morgan fingerprint density at radius 3 is 2.48 bits per heavy atom. The molecule has 1 aliphatic carbocycles. The minimum absolute atomic E-state index is 0.0102. The Labute approximate surface area is 122 Å². The first-order chi connectivity index (χ1) is 9.88. The smallest absolute Gasteiger partial charge is 0.385 e. The molecule has 3 nitrogen and oxygen atoms in total. The Balaban J connectivity index is 2.34. The number of nitrogens with zero attached hydrogens (tertiary/aromatic N) is 1. The maximum atomic E-state index is 13.1. The highest BCUT2D eigenvalue weighted by Crippen LogP contribution is 2.36. The lowest BCUT2D eigenvalue weighted by Crippen LogP contribution is -2.33. The number of amides is 1. The molecule has 1 amide bonds. The predicted octanol–water partition coefficient (Wildman–Crippen LogP) is 3.76. The fourth-order valence-corrected chi connectivity index (χ4v) is 2.38. The van der Waals surface area contributed by atoms with Gasteiger partial charge in [-0.2, -0.15) is 13.2 Å². The molecule has 0 bridgehead atoms. The highest BCUT2D eigenvalue weighted by Gasteiger charge is 2.36. The molecule has 116 valence electrons. The van der Waals surface area contributed by atoms with Crippen molar-refractivity contribution in [2.24, 2.45) is 0 Å². The first-order valence-corrected chi connectivity index (χ1v) is 7.14. The van der Waals surface area contributed by atoms with E-state index in [1.165, 1.54) is 12.1 Å². The molecule has 0 aromatic heterocycles. The van der Waals surface area contributed by atoms with Gasteiger partial charge in [-0.3, -0.25) is 4.79 Å². The lowest BCUT2D eigenvalue weighted by Gasteiger charge is -2.22. The Morgan fingerprint density at radius 2 is 2.00 bits per heavy atom. The average Bonchev–Trinajstić information content (AvgIpc) is 3.23. The van der Waals surface area contributed by atoms with Gasteiger partial charge in [-0.25, -0.2) is 0 Å². The van der Waals surface area contributed by atoms with Crippen LogP contribution in [0.1, 0.15) is 42.6 Å². The number of rotatable bonds is 5. The third-order valence-corrected chi connectivity index (χ3v) is 3.53. The zero-order chi connectivity index (χ0) is 15.6. The van der Waals surface area contributed by atoms with Crippen LogP contribution in [0.2, 0.25) is 0 Å². The van der Waals surface area contributed by atoms with Crippen molar-refractivity contribution in [1.82, 2.24) is 4.90 Å². The van der Waals surface area contributed by atoms with E-state index in [-0.39, 0.29) is 23.2 Å². The SMILES string of the molecule is CCNc1ccc(C(=O)N(CC)C2CC2)cc1C(F)(F)F. The normalized spacial score (nSPS) is 14.9. The highest BCUT2D eigenvalue weighted by molar-refractivity contribution is 5.95. The van der Waals surface area contributed by atoms with E-state index in [1.54, 1.807) is 11.8 Å². The molecule has 0 radical (unpaired) electrons. The van der Waals surface area contributed by atoms with Gasteiger partial charge in [0, 0.05) is 30.4 Å². The lowest BCUT2D eigenvalue weighted by atomic mass is 10.1. The number of halogens is 3. The van der Waals surface area contributed by atoms with Crippen molar-refractivity contribution in [2.75, 3.05) is 18.4 Å². The van der Waals surface area contributed by atoms with Crippen LogP contribution in [0.4, 0.5) is 18.9 Å². The monoisotopic (exact) mass is 300 g/mol. The molecule has 2 rings (SSSR count). The second kappa shape index (κ2) is 5.95. The Bertz CT molecular complexity index is 524. The lowest BCUT2D eigenvalue weighted by molar-refractivity contribution is -0.137. The summed E-state index contributed by atoms with van der Waals surface area (Å²) in [5.41, 5.74) is -0.684. The van der Waals surface area contributed by atoms with E-state index >= 15 is 0 Å². The number of hydrogen-bond acceptors (Lipinski definition) is 2. The fourth-order valence-electron chi connectivity index (χ4n) is 2.38. The van der Waals surface area contributed by atoms with Crippen molar-refractivity contribution in [3.63, 3.8) is 0 Å². The zero-order valence-electron chi connectivity index (χ0n) is 12.1. The molecule has 1 aliphatic rings. The van der Waals surface area contributed by atoms with Gasteiger partial charge < -0.3 is 10.2 Å². The Morgan fingerprint density at radius 1 is 1.33 bits per heavy atom. The van der Waals surface area contributed by atoms with Crippen molar-refractivity contribution in [2.45, 2.75) is 38.9 Å². The molecule has 0 spiro atoms. The third-order valence-electron chi connectivity index (χ3n) is 3.53. The van der Waals surface area contributed by atoms with Crippen molar-refractivity contribution in [3.05, 3.63) is 29.3 Å². The Kier molecular flexibility index (Phi) is 4.44. The molecule has 1 saturated carbocycles. The van der Waals surface area contributed by atoms with Gasteiger partial charge >= 0.3 is 6.18 Å². The maximum Gasteiger partial charge on any atom is 0.418 e. The molecule has 6 heteroatoms. The van der Waals surface area contributed by atoms with Crippen molar-refractivity contribution < 1.29 is 18.0 Å². The first-order valence-electron chi connectivity index (χ1n) is 7.14. The molecule has 0 heterocycles. The minimum atomic E-state index is -4.48. The van der Waals surface area contributed by atoms with Crippen LogP contribution in [0.3, 0.4) is 0 Å². The van der Waals surface area contributed by atoms with Gasteiger partial charge in [-0.1, -0.05) is 0 Å². The van der Waals surface area contributed by atoms with Crippen LogP contribution in [-0.2, 0) is 6.18 Å². The van der Waals surface area contributed by atoms with Crippen molar-refractivity contribution in [1.29, 1.82) is 0 Å². The summed E-state index contributed by atoms with van der Waals surface area (Å²) < 4.78 is 39.3. The van der Waals surface area contributed by atoms with Gasteiger partial charge in [0.15, 0.2) is 0 Å². The van der Waals surface area contributed by atoms with Gasteiger partial charge in [-0.15, -0.1) is 0 Å². The molecule has 0 atom stereocenters. The van der Waals surface area contributed by atoms with E-state index in [0.29, 0.717) is 13.1 Å². The number of nitrogens with one attached hydrogen (secondary N) is 1. The number of hydrogen-bond donors (Lipinski definition) is 1. The van der Waals surface area contributed by atoms with Crippen LogP contribution < -0.4 is 5.32 Å². The molecule has 1 aromatic rings. The number of anilines is 1. The summed E-state index contributed by atoms with van der Waals surface area (Å²) in [6, 6.07) is 3.93. The van der Waals surface area contributed by atoms with Crippen LogP contribution in [0.25, 0.3) is 0 Å². The summed E-state index contributed by atoms with van der Waals surface area (Å²) in [6.07, 6.45) is -2.62. The van der Waals surface area contributed by atoms with Crippen LogP contribution in [0, 0.1) is 0 Å². The van der Waals surface area contributed by atoms with Gasteiger partial charge in [0.1, 0.15) is 0 Å². The molecule has 21 heavy (non-hydrogen) atoms. The summed E-state index contributed by atoms with van der Waals surface area (Å²) in [5.74, 6) is -0.325. The number of carbonyl (C=O) groups is 1. The molecule has 1 N–H and O–H groups in total. The van der Waals surface area contributed by atoms with E-state index in [2.05, 4.69) is 5.32 Å². The number of benzene rings is 1. The second-order valence-corrected chi connectivity index (χ2v) is 5.11. The van der Waals surface area contributed by atoms with Crippen LogP contribution >= 0.6 is 0 Å². The summed E-state index contributed by atoms with van der Waals surface area (Å²) in [6.45, 7) is 4.47. The van der Waals surface area contributed by atoms with Gasteiger partial charge in [0.2, 0.25) is 0 Å². The standard InChI is InChI=1S/C15H19F3N2O/c1-3-19-13-8-5-10(9-12(13)15(16,17)18)14(21)20(4-2)11-6-7-11/h5,8-9,11,19H,3-4,6-7H2,1-2H3. The molecular weight excluding hydrogens is 281 g/mol. The maximum absolute atomic E-state index is 13.1. The fraction of sp³-hybridized carbons (Fsp3) is 0.533. The molecule has 0 aliphatic heterocycles. The highest BCUT2D eigenvalue weighted by atomic mass is 19.4. The van der Waals surface area contributed by atoms with Crippen LogP contribution in [-0.4, -0.2) is 29.9 Å². The van der Waals surface area contributed by atoms with Crippen LogP contribution in [0.5, 0.6) is 0 Å². The average molecular weight is 300 g/mol. The summed E-state index contributed by atoms with van der Waals surface area (Å²) in [7, 11) is 0. The quantitative estimate of drug-likeness (QED) is 0.898. The van der Waals surface area contributed by atoms with Crippen molar-refractivity contribution in [3.8, 4) is 0 Å². The number of carbonyl (C=O) groups excluding carboxylic acids is 1. The van der Waals surface area contributed by atoms with Crippen LogP contribution in [0.15, 0.2) is 18.2 Å². The van der Waals surface area contributed by atoms with E-state index in [1.807, 2.05) is 6.92 Å². The van der Waals surface area contributed by atoms with Gasteiger partial charge in [0.05, 0.1) is 5.56 Å². The molecule has 1 aromatic carbocycles. The minimum Gasteiger partial charge on any atom is -0.385 e. The van der Waals surface area contributed by atoms with E-state index < -0.39 is 11.7 Å².